The van der Waals surface area contributed by atoms with E-state index in [2.05, 4.69) is 20.3 Å². The molecule has 0 aliphatic carbocycles. The van der Waals surface area contributed by atoms with Crippen LogP contribution < -0.4 is 0 Å². The van der Waals surface area contributed by atoms with Crippen molar-refractivity contribution in [2.24, 2.45) is 5.10 Å². The Labute approximate surface area is 191 Å². The molecule has 1 atom stereocenters. The van der Waals surface area contributed by atoms with E-state index in [0.29, 0.717) is 17.9 Å². The first kappa shape index (κ1) is 20.5. The van der Waals surface area contributed by atoms with E-state index < -0.39 is 0 Å². The number of aromatic nitrogens is 3. The molecule has 0 radical (unpaired) electrons. The number of nitrogens with zero attached hydrogens (tertiary/aromatic N) is 5. The second-order valence-corrected chi connectivity index (χ2v) is 8.81. The summed E-state index contributed by atoms with van der Waals surface area (Å²) in [6, 6.07) is 13.4. The van der Waals surface area contributed by atoms with Crippen molar-refractivity contribution in [3.05, 3.63) is 82.6 Å². The van der Waals surface area contributed by atoms with Crippen molar-refractivity contribution >= 4 is 34.7 Å². The fraction of sp³-hybridized carbons (Fsp3) is 0.136. The molecule has 32 heavy (non-hydrogen) atoms. The maximum absolute atomic E-state index is 13.4. The van der Waals surface area contributed by atoms with Crippen molar-refractivity contribution in [1.29, 1.82) is 0 Å². The molecule has 0 N–H and O–H groups in total. The molecule has 0 spiro atoms. The molecule has 4 heterocycles. The van der Waals surface area contributed by atoms with Crippen LogP contribution in [-0.2, 0) is 4.79 Å². The number of thioether (sulfide) groups is 1. The predicted octanol–water partition coefficient (Wildman–Crippen LogP) is 4.80. The van der Waals surface area contributed by atoms with Gasteiger partial charge in [-0.15, -0.1) is 21.5 Å². The molecule has 0 unspecified atom stereocenters. The normalized spacial score (nSPS) is 15.7. The molecule has 3 aromatic heterocycles. The van der Waals surface area contributed by atoms with Gasteiger partial charge in [-0.2, -0.15) is 5.10 Å². The van der Waals surface area contributed by atoms with Crippen LogP contribution >= 0.6 is 23.1 Å². The molecule has 0 saturated carbocycles. The number of halogens is 1. The lowest BCUT2D eigenvalue weighted by atomic mass is 10.0. The van der Waals surface area contributed by atoms with Crippen molar-refractivity contribution in [3.63, 3.8) is 0 Å². The highest BCUT2D eigenvalue weighted by Gasteiger charge is 2.33. The number of rotatable bonds is 6. The first-order valence-corrected chi connectivity index (χ1v) is 11.6. The van der Waals surface area contributed by atoms with Crippen LogP contribution in [0.25, 0.3) is 11.5 Å². The van der Waals surface area contributed by atoms with Gasteiger partial charge in [0, 0.05) is 18.8 Å². The molecule has 1 aromatic carbocycles. The molecule has 0 saturated heterocycles. The van der Waals surface area contributed by atoms with Gasteiger partial charge in [0.15, 0.2) is 0 Å². The molecule has 1 aliphatic rings. The van der Waals surface area contributed by atoms with Crippen LogP contribution in [0, 0.1) is 5.82 Å². The summed E-state index contributed by atoms with van der Waals surface area (Å²) in [5.41, 5.74) is 2.38. The van der Waals surface area contributed by atoms with E-state index in [4.69, 9.17) is 4.42 Å². The average Bonchev–Trinajstić information content (AvgIpc) is 3.59. The summed E-state index contributed by atoms with van der Waals surface area (Å²) < 4.78 is 19.1. The van der Waals surface area contributed by atoms with E-state index in [9.17, 15) is 9.18 Å². The van der Waals surface area contributed by atoms with Crippen LogP contribution in [0.15, 0.2) is 81.0 Å². The van der Waals surface area contributed by atoms with Crippen molar-refractivity contribution in [2.75, 3.05) is 5.75 Å². The fourth-order valence-corrected chi connectivity index (χ4v) is 4.68. The highest BCUT2D eigenvalue weighted by atomic mass is 32.2. The van der Waals surface area contributed by atoms with Crippen molar-refractivity contribution in [2.45, 2.75) is 17.7 Å². The zero-order valence-electron chi connectivity index (χ0n) is 16.6. The minimum Gasteiger partial charge on any atom is -0.411 e. The Kier molecular flexibility index (Phi) is 5.78. The number of hydrogen-bond acceptors (Lipinski definition) is 8. The average molecular weight is 466 g/mol. The van der Waals surface area contributed by atoms with Gasteiger partial charge >= 0.3 is 0 Å². The van der Waals surface area contributed by atoms with Crippen molar-refractivity contribution in [1.82, 2.24) is 20.2 Å². The number of pyridine rings is 1. The third-order valence-corrected chi connectivity index (χ3v) is 6.58. The van der Waals surface area contributed by atoms with Gasteiger partial charge in [-0.05, 0) is 41.3 Å². The Morgan fingerprint density at radius 2 is 2.06 bits per heavy atom. The Morgan fingerprint density at radius 3 is 2.81 bits per heavy atom. The van der Waals surface area contributed by atoms with E-state index in [0.717, 1.165) is 27.9 Å². The summed E-state index contributed by atoms with van der Waals surface area (Å²) >= 11 is 2.72. The van der Waals surface area contributed by atoms with Crippen LogP contribution in [0.4, 0.5) is 4.39 Å². The maximum Gasteiger partial charge on any atom is 0.277 e. The SMILES string of the molecule is O=C(CSc1nnc(-c2cccnc2)o1)N1N=C(c2cccs2)C[C@@H]1c1ccc(F)cc1. The van der Waals surface area contributed by atoms with E-state index in [1.54, 1.807) is 41.9 Å². The molecule has 0 fully saturated rings. The summed E-state index contributed by atoms with van der Waals surface area (Å²) in [5, 5.41) is 16.4. The summed E-state index contributed by atoms with van der Waals surface area (Å²) in [4.78, 5) is 18.1. The topological polar surface area (TPSA) is 84.5 Å². The second-order valence-electron chi connectivity index (χ2n) is 6.94. The Morgan fingerprint density at radius 1 is 1.19 bits per heavy atom. The van der Waals surface area contributed by atoms with Crippen LogP contribution in [-0.4, -0.2) is 37.6 Å². The van der Waals surface area contributed by atoms with E-state index in [1.165, 1.54) is 17.1 Å². The van der Waals surface area contributed by atoms with Gasteiger partial charge in [-0.1, -0.05) is 30.0 Å². The zero-order valence-corrected chi connectivity index (χ0v) is 18.2. The quantitative estimate of drug-likeness (QED) is 0.380. The standard InChI is InChI=1S/C22H16FN5O2S2/c23-16-7-5-14(6-8-16)18-11-17(19-4-2-10-31-19)27-28(18)20(29)13-32-22-26-25-21(30-22)15-3-1-9-24-12-15/h1-10,12,18H,11,13H2/t18-/m1/s1. The highest BCUT2D eigenvalue weighted by molar-refractivity contribution is 7.99. The first-order chi connectivity index (χ1) is 15.7. The van der Waals surface area contributed by atoms with Crippen LogP contribution in [0.5, 0.6) is 0 Å². The lowest BCUT2D eigenvalue weighted by molar-refractivity contribution is -0.130. The molecular weight excluding hydrogens is 449 g/mol. The Hall–Kier alpha value is -3.37. The molecule has 160 valence electrons. The molecule has 4 aromatic rings. The molecular formula is C22H16FN5O2S2. The lowest BCUT2D eigenvalue weighted by Crippen LogP contribution is -2.28. The minimum absolute atomic E-state index is 0.0770. The Balaban J connectivity index is 1.33. The van der Waals surface area contributed by atoms with Gasteiger partial charge < -0.3 is 4.42 Å². The number of hydrogen-bond donors (Lipinski definition) is 0. The number of benzene rings is 1. The number of carbonyl (C=O) groups is 1. The summed E-state index contributed by atoms with van der Waals surface area (Å²) in [7, 11) is 0. The van der Waals surface area contributed by atoms with Crippen molar-refractivity contribution < 1.29 is 13.6 Å². The van der Waals surface area contributed by atoms with Crippen LogP contribution in [0.1, 0.15) is 22.9 Å². The maximum atomic E-state index is 13.4. The van der Waals surface area contributed by atoms with Crippen LogP contribution in [0.3, 0.4) is 0 Å². The Bertz CT molecular complexity index is 1240. The fourth-order valence-electron chi connectivity index (χ4n) is 3.34. The van der Waals surface area contributed by atoms with E-state index >= 15 is 0 Å². The number of carbonyl (C=O) groups excluding carboxylic acids is 1. The van der Waals surface area contributed by atoms with Crippen molar-refractivity contribution in [3.8, 4) is 11.5 Å². The largest absolute Gasteiger partial charge is 0.411 e. The van der Waals surface area contributed by atoms with Gasteiger partial charge in [0.25, 0.3) is 11.1 Å². The summed E-state index contributed by atoms with van der Waals surface area (Å²) in [6.45, 7) is 0. The third kappa shape index (κ3) is 4.32. The number of hydrazone groups is 1. The lowest BCUT2D eigenvalue weighted by Gasteiger charge is -2.21. The molecule has 1 aliphatic heterocycles. The number of thiophene rings is 1. The summed E-state index contributed by atoms with van der Waals surface area (Å²) in [5.74, 6) is -0.0954. The molecule has 0 bridgehead atoms. The van der Waals surface area contributed by atoms with Gasteiger partial charge in [0.2, 0.25) is 5.89 Å². The van der Waals surface area contributed by atoms with Gasteiger partial charge in [-0.3, -0.25) is 9.78 Å². The van der Waals surface area contributed by atoms with Gasteiger partial charge in [-0.25, -0.2) is 9.40 Å². The second kappa shape index (κ2) is 9.01. The summed E-state index contributed by atoms with van der Waals surface area (Å²) in [6.07, 6.45) is 3.85. The number of amides is 1. The van der Waals surface area contributed by atoms with E-state index in [1.807, 2.05) is 23.6 Å². The van der Waals surface area contributed by atoms with Crippen LogP contribution in [0.2, 0.25) is 0 Å². The minimum atomic E-state index is -0.319. The van der Waals surface area contributed by atoms with Gasteiger partial charge in [0.05, 0.1) is 27.9 Å². The molecule has 7 nitrogen and oxygen atoms in total. The third-order valence-electron chi connectivity index (χ3n) is 4.86. The molecule has 5 rings (SSSR count). The highest BCUT2D eigenvalue weighted by Crippen LogP contribution is 2.35. The first-order valence-electron chi connectivity index (χ1n) is 9.73. The molecule has 1 amide bonds. The molecule has 10 heteroatoms. The monoisotopic (exact) mass is 465 g/mol. The zero-order chi connectivity index (χ0) is 21.9. The predicted molar refractivity (Wildman–Crippen MR) is 120 cm³/mol. The van der Waals surface area contributed by atoms with E-state index in [-0.39, 0.29) is 28.7 Å². The van der Waals surface area contributed by atoms with Gasteiger partial charge in [0.1, 0.15) is 5.82 Å². The smallest absolute Gasteiger partial charge is 0.277 e.